The molecule has 1 fully saturated rings. The highest BCUT2D eigenvalue weighted by atomic mass is 16.5. The van der Waals surface area contributed by atoms with Crippen molar-refractivity contribution in [1.82, 2.24) is 0 Å². The monoisotopic (exact) mass is 170 g/mol. The van der Waals surface area contributed by atoms with E-state index in [-0.39, 0.29) is 0 Å². The molecule has 0 amide bonds. The first-order valence-electron chi connectivity index (χ1n) is 5.29. The van der Waals surface area contributed by atoms with Crippen molar-refractivity contribution in [1.29, 1.82) is 0 Å². The van der Waals surface area contributed by atoms with Crippen molar-refractivity contribution >= 4 is 0 Å². The fraction of sp³-hybridized carbons (Fsp3) is 1.00. The maximum atomic E-state index is 5.71. The third kappa shape index (κ3) is 2.48. The summed E-state index contributed by atoms with van der Waals surface area (Å²) in [6.07, 6.45) is 4.79. The van der Waals surface area contributed by atoms with E-state index in [0.717, 1.165) is 11.8 Å². The lowest BCUT2D eigenvalue weighted by Gasteiger charge is -2.35. The van der Waals surface area contributed by atoms with E-state index >= 15 is 0 Å². The van der Waals surface area contributed by atoms with E-state index in [1.54, 1.807) is 0 Å². The van der Waals surface area contributed by atoms with Crippen LogP contribution in [0.15, 0.2) is 0 Å². The summed E-state index contributed by atoms with van der Waals surface area (Å²) in [4.78, 5) is 0. The molecule has 0 bridgehead atoms. The van der Waals surface area contributed by atoms with Crippen LogP contribution in [0.4, 0.5) is 0 Å². The molecular formula is C11H22O. The third-order valence-corrected chi connectivity index (χ3v) is 3.18. The van der Waals surface area contributed by atoms with Gasteiger partial charge in [-0.25, -0.2) is 0 Å². The van der Waals surface area contributed by atoms with Crippen molar-refractivity contribution < 1.29 is 4.74 Å². The van der Waals surface area contributed by atoms with E-state index in [4.69, 9.17) is 4.74 Å². The number of hydrogen-bond acceptors (Lipinski definition) is 1. The molecule has 1 rings (SSSR count). The zero-order valence-electron chi connectivity index (χ0n) is 8.84. The van der Waals surface area contributed by atoms with E-state index in [2.05, 4.69) is 27.7 Å². The van der Waals surface area contributed by atoms with Gasteiger partial charge in [-0.1, -0.05) is 20.3 Å². The molecule has 0 radical (unpaired) electrons. The summed E-state index contributed by atoms with van der Waals surface area (Å²) in [7, 11) is 0. The van der Waals surface area contributed by atoms with Gasteiger partial charge in [-0.2, -0.15) is 0 Å². The Hall–Kier alpha value is -0.0400. The van der Waals surface area contributed by atoms with Crippen LogP contribution in [0.2, 0.25) is 0 Å². The zero-order valence-corrected chi connectivity index (χ0v) is 8.84. The Morgan fingerprint density at radius 1 is 1.25 bits per heavy atom. The molecule has 1 aliphatic rings. The average Bonchev–Trinajstić information content (AvgIpc) is 2.01. The van der Waals surface area contributed by atoms with Crippen molar-refractivity contribution in [2.24, 2.45) is 11.8 Å². The van der Waals surface area contributed by atoms with Crippen LogP contribution in [0, 0.1) is 11.8 Å². The normalized spacial score (nSPS) is 39.5. The Kier molecular flexibility index (Phi) is 3.57. The minimum absolute atomic E-state index is 0.479. The molecule has 0 spiro atoms. The number of rotatable bonds is 2. The molecule has 72 valence electrons. The molecule has 0 aliphatic carbocycles. The van der Waals surface area contributed by atoms with Crippen LogP contribution < -0.4 is 0 Å². The first kappa shape index (κ1) is 10.0. The average molecular weight is 170 g/mol. The highest BCUT2D eigenvalue weighted by Crippen LogP contribution is 2.31. The molecule has 1 heteroatoms. The Labute approximate surface area is 76.5 Å². The topological polar surface area (TPSA) is 9.23 Å². The Morgan fingerprint density at radius 2 is 1.75 bits per heavy atom. The van der Waals surface area contributed by atoms with Gasteiger partial charge in [0.25, 0.3) is 0 Å². The second-order valence-corrected chi connectivity index (χ2v) is 4.37. The summed E-state index contributed by atoms with van der Waals surface area (Å²) in [5, 5.41) is 0. The molecule has 3 unspecified atom stereocenters. The Balaban J connectivity index is 2.43. The fourth-order valence-corrected chi connectivity index (χ4v) is 2.25. The lowest BCUT2D eigenvalue weighted by Crippen LogP contribution is -2.32. The highest BCUT2D eigenvalue weighted by Gasteiger charge is 2.27. The van der Waals surface area contributed by atoms with Crippen LogP contribution >= 0.6 is 0 Å². The van der Waals surface area contributed by atoms with E-state index in [9.17, 15) is 0 Å². The molecule has 1 heterocycles. The Bertz CT molecular complexity index is 123. The molecule has 0 aromatic heterocycles. The van der Waals surface area contributed by atoms with Gasteiger partial charge in [-0.3, -0.25) is 0 Å². The standard InChI is InChI=1S/C11H22O/c1-5-8(2)11-6-9(3)12-10(4)7-11/h8-11H,5-7H2,1-4H3. The quantitative estimate of drug-likeness (QED) is 0.618. The number of hydrogen-bond donors (Lipinski definition) is 0. The fourth-order valence-electron chi connectivity index (χ4n) is 2.25. The maximum absolute atomic E-state index is 5.71. The highest BCUT2D eigenvalue weighted by molar-refractivity contribution is 4.76. The number of ether oxygens (including phenoxy) is 1. The predicted molar refractivity (Wildman–Crippen MR) is 52.2 cm³/mol. The SMILES string of the molecule is CCC(C)C1CC(C)OC(C)C1. The maximum Gasteiger partial charge on any atom is 0.0553 e. The summed E-state index contributed by atoms with van der Waals surface area (Å²) >= 11 is 0. The van der Waals surface area contributed by atoms with Gasteiger partial charge in [0.05, 0.1) is 12.2 Å². The van der Waals surface area contributed by atoms with Gasteiger partial charge in [0.15, 0.2) is 0 Å². The summed E-state index contributed by atoms with van der Waals surface area (Å²) in [5.41, 5.74) is 0. The Morgan fingerprint density at radius 3 is 2.17 bits per heavy atom. The molecule has 3 atom stereocenters. The molecule has 0 aromatic rings. The van der Waals surface area contributed by atoms with Crippen molar-refractivity contribution in [2.75, 3.05) is 0 Å². The van der Waals surface area contributed by atoms with Gasteiger partial charge in [0, 0.05) is 0 Å². The van der Waals surface area contributed by atoms with Crippen LogP contribution in [0.3, 0.4) is 0 Å². The van der Waals surface area contributed by atoms with Gasteiger partial charge < -0.3 is 4.74 Å². The van der Waals surface area contributed by atoms with E-state index in [1.807, 2.05) is 0 Å². The van der Waals surface area contributed by atoms with Gasteiger partial charge in [-0.15, -0.1) is 0 Å². The molecule has 0 aromatic carbocycles. The molecule has 0 N–H and O–H groups in total. The van der Waals surface area contributed by atoms with Crippen LogP contribution in [-0.4, -0.2) is 12.2 Å². The zero-order chi connectivity index (χ0) is 9.14. The smallest absolute Gasteiger partial charge is 0.0553 e. The summed E-state index contributed by atoms with van der Waals surface area (Å²) in [6.45, 7) is 9.06. The molecule has 12 heavy (non-hydrogen) atoms. The van der Waals surface area contributed by atoms with Crippen molar-refractivity contribution in [3.05, 3.63) is 0 Å². The summed E-state index contributed by atoms with van der Waals surface area (Å²) < 4.78 is 5.71. The van der Waals surface area contributed by atoms with Crippen LogP contribution in [0.25, 0.3) is 0 Å². The van der Waals surface area contributed by atoms with Gasteiger partial charge in [0.2, 0.25) is 0 Å². The van der Waals surface area contributed by atoms with Crippen molar-refractivity contribution in [2.45, 2.75) is 59.2 Å². The van der Waals surface area contributed by atoms with Crippen LogP contribution in [-0.2, 0) is 4.74 Å². The van der Waals surface area contributed by atoms with Gasteiger partial charge in [-0.05, 0) is 38.5 Å². The van der Waals surface area contributed by atoms with Crippen LogP contribution in [0.1, 0.15) is 47.0 Å². The first-order chi connectivity index (χ1) is 5.63. The molecule has 0 saturated carbocycles. The van der Waals surface area contributed by atoms with Gasteiger partial charge >= 0.3 is 0 Å². The third-order valence-electron chi connectivity index (χ3n) is 3.18. The molecule has 1 saturated heterocycles. The van der Waals surface area contributed by atoms with Crippen molar-refractivity contribution in [3.63, 3.8) is 0 Å². The second-order valence-electron chi connectivity index (χ2n) is 4.37. The summed E-state index contributed by atoms with van der Waals surface area (Å²) in [5.74, 6) is 1.77. The summed E-state index contributed by atoms with van der Waals surface area (Å²) in [6, 6.07) is 0. The first-order valence-corrected chi connectivity index (χ1v) is 5.29. The largest absolute Gasteiger partial charge is 0.376 e. The lowest BCUT2D eigenvalue weighted by atomic mass is 9.82. The minimum atomic E-state index is 0.479. The van der Waals surface area contributed by atoms with E-state index in [0.29, 0.717) is 12.2 Å². The van der Waals surface area contributed by atoms with E-state index < -0.39 is 0 Å². The van der Waals surface area contributed by atoms with Gasteiger partial charge in [0.1, 0.15) is 0 Å². The molecule has 1 aliphatic heterocycles. The lowest BCUT2D eigenvalue weighted by molar-refractivity contribution is -0.0622. The van der Waals surface area contributed by atoms with Crippen molar-refractivity contribution in [3.8, 4) is 0 Å². The minimum Gasteiger partial charge on any atom is -0.376 e. The molecule has 1 nitrogen and oxygen atoms in total. The molecular weight excluding hydrogens is 148 g/mol. The second kappa shape index (κ2) is 4.27. The van der Waals surface area contributed by atoms with E-state index in [1.165, 1.54) is 19.3 Å². The van der Waals surface area contributed by atoms with Crippen LogP contribution in [0.5, 0.6) is 0 Å². The predicted octanol–water partition coefficient (Wildman–Crippen LogP) is 3.24.